The molecule has 0 bridgehead atoms. The van der Waals surface area contributed by atoms with Gasteiger partial charge >= 0.3 is 6.09 Å². The van der Waals surface area contributed by atoms with Crippen LogP contribution in [0, 0.1) is 34.4 Å². The summed E-state index contributed by atoms with van der Waals surface area (Å²) in [6.45, 7) is 4.42. The van der Waals surface area contributed by atoms with Crippen molar-refractivity contribution in [2.24, 2.45) is 28.6 Å². The molecule has 0 saturated heterocycles. The molecule has 3 N–H and O–H groups in total. The molecular formula is C29H33F2NO6. The van der Waals surface area contributed by atoms with Crippen LogP contribution in [-0.2, 0) is 14.3 Å². The van der Waals surface area contributed by atoms with Crippen molar-refractivity contribution in [3.05, 3.63) is 53.9 Å². The van der Waals surface area contributed by atoms with Gasteiger partial charge in [-0.25, -0.2) is 13.6 Å². The van der Waals surface area contributed by atoms with Crippen LogP contribution in [0.2, 0.25) is 0 Å². The fraction of sp³-hybridized carbons (Fsp3) is 0.552. The highest BCUT2D eigenvalue weighted by Crippen LogP contribution is 2.70. The summed E-state index contributed by atoms with van der Waals surface area (Å²) in [5.41, 5.74) is -5.44. The number of aliphatic hydroxyl groups excluding tert-OH is 1. The zero-order valence-corrected chi connectivity index (χ0v) is 21.7. The van der Waals surface area contributed by atoms with E-state index in [2.05, 4.69) is 5.32 Å². The molecule has 2 unspecified atom stereocenters. The number of hydrogen-bond acceptors (Lipinski definition) is 6. The molecule has 4 aliphatic rings. The summed E-state index contributed by atoms with van der Waals surface area (Å²) < 4.78 is 35.4. The largest absolute Gasteiger partial charge is 0.441 e. The number of hydrogen-bond donors (Lipinski definition) is 3. The molecule has 1 aromatic carbocycles. The van der Waals surface area contributed by atoms with E-state index in [1.807, 2.05) is 6.08 Å². The monoisotopic (exact) mass is 529 g/mol. The smallest absolute Gasteiger partial charge is 0.412 e. The van der Waals surface area contributed by atoms with Crippen LogP contribution in [0.15, 0.2) is 48.1 Å². The van der Waals surface area contributed by atoms with Gasteiger partial charge in [-0.05, 0) is 68.4 Å². The summed E-state index contributed by atoms with van der Waals surface area (Å²) in [7, 11) is 0. The molecule has 0 radical (unpaired) electrons. The Morgan fingerprint density at radius 2 is 1.87 bits per heavy atom. The number of amides is 1. The van der Waals surface area contributed by atoms with E-state index in [9.17, 15) is 29.0 Å². The van der Waals surface area contributed by atoms with Gasteiger partial charge in [0.25, 0.3) is 0 Å². The Hall–Kier alpha value is -2.91. The number of alkyl halides is 1. The Morgan fingerprint density at radius 1 is 1.18 bits per heavy atom. The molecule has 1 aromatic rings. The topological polar surface area (TPSA) is 113 Å². The average molecular weight is 530 g/mol. The first-order chi connectivity index (χ1) is 17.8. The Kier molecular flexibility index (Phi) is 6.19. The number of fused-ring (bicyclic) bond motifs is 5. The maximum atomic E-state index is 17.2. The van der Waals surface area contributed by atoms with E-state index in [-0.39, 0.29) is 30.7 Å². The standard InChI is InChI=1S/C29H33F2NO6/c1-16-12-22-21-9-4-17-13-20(33)10-11-26(17,2)28(21,31)23(34)14-27(22,3)29(16,37)24(35)15-38-25(36)32-19-7-5-18(30)6-8-19/h4-8,10-11,16,21-23,34,37H,9,12-15H2,1-3H3,(H,32,36)/t16-,21?,22?,23+,26+,27+,28+,29+/m1/s1. The molecule has 5 rings (SSSR count). The number of rotatable bonds is 4. The highest BCUT2D eigenvalue weighted by molar-refractivity contribution is 5.94. The van der Waals surface area contributed by atoms with Gasteiger partial charge in [0, 0.05) is 28.9 Å². The van der Waals surface area contributed by atoms with Crippen molar-refractivity contribution in [2.75, 3.05) is 11.9 Å². The van der Waals surface area contributed by atoms with Gasteiger partial charge in [0.2, 0.25) is 5.78 Å². The minimum atomic E-state index is -2.07. The van der Waals surface area contributed by atoms with Crippen LogP contribution in [0.25, 0.3) is 0 Å². The normalized spacial score (nSPS) is 41.4. The van der Waals surface area contributed by atoms with Gasteiger partial charge in [0.05, 0.1) is 6.10 Å². The SMILES string of the molecule is C[C@@H]1CC2C3CC=C4CC(=O)C=C[C@]4(C)[C@@]3(F)[C@@H](O)C[C@]2(C)[C@@]1(O)C(=O)COC(=O)Nc1ccc(F)cc1. The Labute approximate surface area is 219 Å². The molecule has 2 saturated carbocycles. The van der Waals surface area contributed by atoms with Crippen LogP contribution in [0.5, 0.6) is 0 Å². The van der Waals surface area contributed by atoms with Gasteiger partial charge in [-0.1, -0.05) is 31.6 Å². The fourth-order valence-corrected chi connectivity index (χ4v) is 7.98. The first-order valence-corrected chi connectivity index (χ1v) is 13.0. The maximum Gasteiger partial charge on any atom is 0.412 e. The summed E-state index contributed by atoms with van der Waals surface area (Å²) in [6, 6.07) is 5.00. The number of carbonyl (C=O) groups excluding carboxylic acids is 3. The van der Waals surface area contributed by atoms with E-state index in [0.29, 0.717) is 12.0 Å². The fourth-order valence-electron chi connectivity index (χ4n) is 7.98. The third-order valence-electron chi connectivity index (χ3n) is 10.0. The summed E-state index contributed by atoms with van der Waals surface area (Å²) in [4.78, 5) is 37.8. The number of Topliss-reactive ketones (excluding diaryl/α,β-unsaturated/α-hetero) is 1. The summed E-state index contributed by atoms with van der Waals surface area (Å²) in [5, 5.41) is 25.7. The Bertz CT molecular complexity index is 1250. The molecule has 0 aliphatic heterocycles. The summed E-state index contributed by atoms with van der Waals surface area (Å²) in [5.74, 6) is -3.00. The first-order valence-electron chi connectivity index (χ1n) is 13.0. The quantitative estimate of drug-likeness (QED) is 0.502. The van der Waals surface area contributed by atoms with Crippen molar-refractivity contribution in [3.63, 3.8) is 0 Å². The second kappa shape index (κ2) is 8.81. The average Bonchev–Trinajstić information content (AvgIpc) is 3.07. The molecule has 0 aromatic heterocycles. The zero-order chi connectivity index (χ0) is 27.7. The maximum absolute atomic E-state index is 17.2. The van der Waals surface area contributed by atoms with Crippen LogP contribution in [0.4, 0.5) is 19.3 Å². The van der Waals surface area contributed by atoms with E-state index < -0.39 is 70.3 Å². The summed E-state index contributed by atoms with van der Waals surface area (Å²) >= 11 is 0. The van der Waals surface area contributed by atoms with Crippen molar-refractivity contribution in [3.8, 4) is 0 Å². The highest BCUT2D eigenvalue weighted by atomic mass is 19.1. The van der Waals surface area contributed by atoms with Gasteiger partial charge in [-0.2, -0.15) is 0 Å². The molecule has 204 valence electrons. The predicted octanol–water partition coefficient (Wildman–Crippen LogP) is 4.29. The Balaban J connectivity index is 1.38. The van der Waals surface area contributed by atoms with Crippen molar-refractivity contribution in [1.29, 1.82) is 0 Å². The molecule has 2 fully saturated rings. The van der Waals surface area contributed by atoms with E-state index in [4.69, 9.17) is 4.74 Å². The van der Waals surface area contributed by atoms with Crippen LogP contribution in [0.1, 0.15) is 46.5 Å². The van der Waals surface area contributed by atoms with Gasteiger partial charge in [0.1, 0.15) is 11.4 Å². The third-order valence-corrected chi connectivity index (χ3v) is 10.0. The Morgan fingerprint density at radius 3 is 2.55 bits per heavy atom. The van der Waals surface area contributed by atoms with Gasteiger partial charge in [0.15, 0.2) is 18.1 Å². The van der Waals surface area contributed by atoms with E-state index in [1.54, 1.807) is 26.8 Å². The molecule has 0 heterocycles. The minimum Gasteiger partial charge on any atom is -0.441 e. The summed E-state index contributed by atoms with van der Waals surface area (Å²) in [6.07, 6.45) is 2.98. The highest BCUT2D eigenvalue weighted by Gasteiger charge is 2.75. The molecule has 8 atom stereocenters. The van der Waals surface area contributed by atoms with E-state index in [0.717, 1.165) is 12.1 Å². The zero-order valence-electron chi connectivity index (χ0n) is 21.7. The van der Waals surface area contributed by atoms with Crippen LogP contribution in [0.3, 0.4) is 0 Å². The second-order valence-electron chi connectivity index (χ2n) is 11.8. The van der Waals surface area contributed by atoms with Crippen molar-refractivity contribution < 1.29 is 38.1 Å². The molecule has 4 aliphatic carbocycles. The van der Waals surface area contributed by atoms with E-state index >= 15 is 4.39 Å². The number of nitrogens with one attached hydrogen (secondary N) is 1. The van der Waals surface area contributed by atoms with Crippen molar-refractivity contribution in [2.45, 2.75) is 63.8 Å². The second-order valence-corrected chi connectivity index (χ2v) is 11.8. The molecule has 9 heteroatoms. The molecule has 0 spiro atoms. The van der Waals surface area contributed by atoms with Crippen molar-refractivity contribution in [1.82, 2.24) is 0 Å². The van der Waals surface area contributed by atoms with Crippen molar-refractivity contribution >= 4 is 23.3 Å². The number of carbonyl (C=O) groups is 3. The number of ketones is 2. The van der Waals surface area contributed by atoms with Gasteiger partial charge in [-0.3, -0.25) is 14.9 Å². The van der Waals surface area contributed by atoms with Crippen LogP contribution >= 0.6 is 0 Å². The molecule has 38 heavy (non-hydrogen) atoms. The molecular weight excluding hydrogens is 496 g/mol. The first kappa shape index (κ1) is 26.7. The molecule has 1 amide bonds. The number of halogens is 2. The third kappa shape index (κ3) is 3.54. The van der Waals surface area contributed by atoms with Crippen LogP contribution < -0.4 is 5.32 Å². The van der Waals surface area contributed by atoms with Gasteiger partial charge in [-0.15, -0.1) is 0 Å². The lowest BCUT2D eigenvalue weighted by Crippen LogP contribution is -2.69. The number of benzene rings is 1. The minimum absolute atomic E-state index is 0.107. The molecule has 7 nitrogen and oxygen atoms in total. The van der Waals surface area contributed by atoms with Crippen LogP contribution in [-0.4, -0.2) is 51.9 Å². The lowest BCUT2D eigenvalue weighted by molar-refractivity contribution is -0.215. The lowest BCUT2D eigenvalue weighted by Gasteiger charge is -2.62. The predicted molar refractivity (Wildman–Crippen MR) is 134 cm³/mol. The lowest BCUT2D eigenvalue weighted by atomic mass is 9.45. The number of allylic oxidation sites excluding steroid dienone is 4. The van der Waals surface area contributed by atoms with E-state index in [1.165, 1.54) is 18.2 Å². The number of anilines is 1. The number of ether oxygens (including phenoxy) is 1. The number of aliphatic hydroxyl groups is 2. The van der Waals surface area contributed by atoms with Gasteiger partial charge < -0.3 is 14.9 Å².